The summed E-state index contributed by atoms with van der Waals surface area (Å²) in [7, 11) is 0. The summed E-state index contributed by atoms with van der Waals surface area (Å²) in [4.78, 5) is 11.0. The van der Waals surface area contributed by atoms with Crippen molar-refractivity contribution in [3.05, 3.63) is 28.2 Å². The van der Waals surface area contributed by atoms with E-state index in [9.17, 15) is 4.79 Å². The van der Waals surface area contributed by atoms with E-state index in [0.717, 1.165) is 11.4 Å². The summed E-state index contributed by atoms with van der Waals surface area (Å²) in [6.45, 7) is 0.390. The van der Waals surface area contributed by atoms with Crippen LogP contribution in [0.15, 0.2) is 23.3 Å². The molecule has 1 heterocycles. The van der Waals surface area contributed by atoms with E-state index < -0.39 is 0 Å². The van der Waals surface area contributed by atoms with Gasteiger partial charge in [0.1, 0.15) is 0 Å². The zero-order chi connectivity index (χ0) is 12.3. The van der Waals surface area contributed by atoms with Crippen molar-refractivity contribution < 1.29 is 9.53 Å². The first-order valence-corrected chi connectivity index (χ1v) is 5.83. The average Bonchev–Trinajstić information content (AvgIpc) is 2.31. The van der Waals surface area contributed by atoms with E-state index in [1.807, 2.05) is 0 Å². The highest BCUT2D eigenvalue weighted by atomic mass is 35.5. The molecule has 4 nitrogen and oxygen atoms in total. The van der Waals surface area contributed by atoms with Crippen molar-refractivity contribution >= 4 is 40.6 Å². The Bertz CT molecular complexity index is 475. The van der Waals surface area contributed by atoms with Gasteiger partial charge in [-0.1, -0.05) is 23.2 Å². The molecule has 1 aliphatic rings. The minimum absolute atomic E-state index is 0.230. The number of cyclic esters (lactones) is 1. The lowest BCUT2D eigenvalue weighted by molar-refractivity contribution is -0.143. The molecule has 0 atom stereocenters. The van der Waals surface area contributed by atoms with Gasteiger partial charge in [-0.25, -0.2) is 0 Å². The number of hydrazone groups is 1. The fourth-order valence-corrected chi connectivity index (χ4v) is 1.69. The van der Waals surface area contributed by atoms with Gasteiger partial charge in [0.25, 0.3) is 0 Å². The quantitative estimate of drug-likeness (QED) is 0.665. The Morgan fingerprint density at radius 2 is 2.12 bits per heavy atom. The van der Waals surface area contributed by atoms with Crippen molar-refractivity contribution in [2.24, 2.45) is 5.10 Å². The zero-order valence-corrected chi connectivity index (χ0v) is 10.4. The van der Waals surface area contributed by atoms with Crippen molar-refractivity contribution in [2.75, 3.05) is 12.0 Å². The lowest BCUT2D eigenvalue weighted by atomic mass is 10.2. The molecule has 0 bridgehead atoms. The smallest absolute Gasteiger partial charge is 0.311 e. The number of halogens is 2. The van der Waals surface area contributed by atoms with Crippen molar-refractivity contribution in [1.29, 1.82) is 0 Å². The molecule has 17 heavy (non-hydrogen) atoms. The molecule has 0 saturated carbocycles. The molecule has 1 aliphatic heterocycles. The molecule has 0 radical (unpaired) electrons. The number of anilines is 1. The maximum absolute atomic E-state index is 11.0. The van der Waals surface area contributed by atoms with Crippen LogP contribution >= 0.6 is 23.2 Å². The van der Waals surface area contributed by atoms with E-state index in [1.165, 1.54) is 0 Å². The first-order valence-electron chi connectivity index (χ1n) is 5.07. The first kappa shape index (κ1) is 12.2. The van der Waals surface area contributed by atoms with Gasteiger partial charge in [0.05, 0.1) is 34.5 Å². The topological polar surface area (TPSA) is 50.7 Å². The summed E-state index contributed by atoms with van der Waals surface area (Å²) in [6.07, 6.45) is 0.883. The highest BCUT2D eigenvalue weighted by Gasteiger charge is 2.15. The van der Waals surface area contributed by atoms with Crippen LogP contribution in [0.1, 0.15) is 12.8 Å². The van der Waals surface area contributed by atoms with Crippen molar-refractivity contribution in [1.82, 2.24) is 0 Å². The molecule has 2 rings (SSSR count). The predicted molar refractivity (Wildman–Crippen MR) is 67.7 cm³/mol. The summed E-state index contributed by atoms with van der Waals surface area (Å²) in [5.41, 5.74) is 4.34. The van der Waals surface area contributed by atoms with E-state index in [4.69, 9.17) is 27.9 Å². The lowest BCUT2D eigenvalue weighted by Gasteiger charge is -2.13. The normalized spacial score (nSPS) is 18.0. The molecule has 90 valence electrons. The Morgan fingerprint density at radius 3 is 2.82 bits per heavy atom. The Labute approximate surface area is 109 Å². The molecule has 1 N–H and O–H groups in total. The van der Waals surface area contributed by atoms with Crippen LogP contribution in [-0.2, 0) is 9.53 Å². The van der Waals surface area contributed by atoms with Gasteiger partial charge >= 0.3 is 5.97 Å². The maximum Gasteiger partial charge on any atom is 0.311 e. The van der Waals surface area contributed by atoms with Crippen LogP contribution in [0.2, 0.25) is 10.0 Å². The second kappa shape index (κ2) is 5.38. The number of ether oxygens (including phenoxy) is 1. The molecule has 0 unspecified atom stereocenters. The number of rotatable bonds is 2. The summed E-state index contributed by atoms with van der Waals surface area (Å²) >= 11 is 11.7. The predicted octanol–water partition coefficient (Wildman–Crippen LogP) is 3.10. The summed E-state index contributed by atoms with van der Waals surface area (Å²) in [5.74, 6) is -0.245. The number of carbonyl (C=O) groups excluding carboxylic acids is 1. The SMILES string of the molecule is O=C1CC(=NNc2ccc(Cl)c(Cl)c2)CCO1. The fraction of sp³-hybridized carbons (Fsp3) is 0.273. The summed E-state index contributed by atoms with van der Waals surface area (Å²) in [6, 6.07) is 5.12. The van der Waals surface area contributed by atoms with Gasteiger partial charge in [0.15, 0.2) is 0 Å². The first-order chi connectivity index (χ1) is 8.15. The zero-order valence-electron chi connectivity index (χ0n) is 8.87. The number of nitrogens with zero attached hydrogens (tertiary/aromatic N) is 1. The minimum Gasteiger partial charge on any atom is -0.465 e. The van der Waals surface area contributed by atoms with Crippen molar-refractivity contribution in [2.45, 2.75) is 12.8 Å². The average molecular weight is 273 g/mol. The third kappa shape index (κ3) is 3.35. The van der Waals surface area contributed by atoms with Crippen LogP contribution in [0.25, 0.3) is 0 Å². The van der Waals surface area contributed by atoms with E-state index in [2.05, 4.69) is 10.5 Å². The molecule has 0 amide bonds. The van der Waals surface area contributed by atoms with Crippen molar-refractivity contribution in [3.8, 4) is 0 Å². The number of nitrogens with one attached hydrogen (secondary N) is 1. The van der Waals surface area contributed by atoms with Crippen LogP contribution in [0, 0.1) is 0 Å². The number of hydrogen-bond acceptors (Lipinski definition) is 4. The van der Waals surface area contributed by atoms with Crippen LogP contribution in [-0.4, -0.2) is 18.3 Å². The minimum atomic E-state index is -0.245. The largest absolute Gasteiger partial charge is 0.465 e. The summed E-state index contributed by atoms with van der Waals surface area (Å²) < 4.78 is 4.81. The Hall–Kier alpha value is -1.26. The van der Waals surface area contributed by atoms with Gasteiger partial charge in [-0.2, -0.15) is 5.10 Å². The molecule has 1 saturated heterocycles. The van der Waals surface area contributed by atoms with Crippen LogP contribution in [0.5, 0.6) is 0 Å². The molecular formula is C11H10Cl2N2O2. The molecule has 6 heteroatoms. The van der Waals surface area contributed by atoms with E-state index in [1.54, 1.807) is 18.2 Å². The standard InChI is InChI=1S/C11H10Cl2N2O2/c12-9-2-1-7(5-10(9)13)14-15-8-3-4-17-11(16)6-8/h1-2,5,14H,3-4,6H2. The van der Waals surface area contributed by atoms with Gasteiger partial charge in [0, 0.05) is 6.42 Å². The van der Waals surface area contributed by atoms with Gasteiger partial charge in [0.2, 0.25) is 0 Å². The molecule has 0 aromatic heterocycles. The second-order valence-electron chi connectivity index (χ2n) is 3.57. The molecule has 1 fully saturated rings. The Morgan fingerprint density at radius 1 is 1.29 bits per heavy atom. The highest BCUT2D eigenvalue weighted by molar-refractivity contribution is 6.42. The van der Waals surface area contributed by atoms with Gasteiger partial charge in [-0.05, 0) is 18.2 Å². The number of carbonyl (C=O) groups is 1. The van der Waals surface area contributed by atoms with Crippen LogP contribution < -0.4 is 5.43 Å². The molecule has 1 aromatic carbocycles. The highest BCUT2D eigenvalue weighted by Crippen LogP contribution is 2.25. The molecule has 0 aliphatic carbocycles. The maximum atomic E-state index is 11.0. The number of esters is 1. The lowest BCUT2D eigenvalue weighted by Crippen LogP contribution is -2.21. The molecule has 0 spiro atoms. The number of hydrogen-bond donors (Lipinski definition) is 1. The van der Waals surface area contributed by atoms with Gasteiger partial charge < -0.3 is 4.74 Å². The van der Waals surface area contributed by atoms with E-state index >= 15 is 0 Å². The third-order valence-electron chi connectivity index (χ3n) is 2.26. The Kier molecular flexibility index (Phi) is 3.86. The van der Waals surface area contributed by atoms with E-state index in [0.29, 0.717) is 23.1 Å². The summed E-state index contributed by atoms with van der Waals surface area (Å²) in [5, 5.41) is 5.09. The second-order valence-corrected chi connectivity index (χ2v) is 4.38. The fourth-order valence-electron chi connectivity index (χ4n) is 1.39. The van der Waals surface area contributed by atoms with Crippen LogP contribution in [0.3, 0.4) is 0 Å². The Balaban J connectivity index is 2.03. The monoisotopic (exact) mass is 272 g/mol. The van der Waals surface area contributed by atoms with Crippen molar-refractivity contribution in [3.63, 3.8) is 0 Å². The molecular weight excluding hydrogens is 263 g/mol. The van der Waals surface area contributed by atoms with Gasteiger partial charge in [-0.3, -0.25) is 10.2 Å². The van der Waals surface area contributed by atoms with Gasteiger partial charge in [-0.15, -0.1) is 0 Å². The third-order valence-corrected chi connectivity index (χ3v) is 3.00. The number of benzene rings is 1. The van der Waals surface area contributed by atoms with E-state index in [-0.39, 0.29) is 12.4 Å². The molecule has 1 aromatic rings. The van der Waals surface area contributed by atoms with Crippen LogP contribution in [0.4, 0.5) is 5.69 Å².